The highest BCUT2D eigenvalue weighted by molar-refractivity contribution is 5.86. The number of hydrogen-bond donors (Lipinski definition) is 0. The van der Waals surface area contributed by atoms with Crippen LogP contribution in [0.2, 0.25) is 0 Å². The predicted octanol–water partition coefficient (Wildman–Crippen LogP) is 5.96. The Balaban J connectivity index is 1.63. The molecule has 0 fully saturated rings. The van der Waals surface area contributed by atoms with Crippen LogP contribution in [0.5, 0.6) is 5.75 Å². The molecule has 0 N–H and O–H groups in total. The minimum atomic E-state index is -1.18. The second-order valence-electron chi connectivity index (χ2n) is 12.0. The lowest BCUT2D eigenvalue weighted by atomic mass is 9.89. The number of allylic oxidation sites excluding steroid dienone is 1. The van der Waals surface area contributed by atoms with Crippen LogP contribution in [0.1, 0.15) is 43.6 Å². The molecule has 0 bridgehead atoms. The Hall–Kier alpha value is -4.38. The molecular weight excluding hydrogens is 573 g/mol. The topological polar surface area (TPSA) is 90.3 Å². The molecule has 236 valence electrons. The molecule has 2 aliphatic rings. The van der Waals surface area contributed by atoms with Gasteiger partial charge >= 0.3 is 11.9 Å². The van der Waals surface area contributed by atoms with E-state index in [0.29, 0.717) is 41.2 Å². The molecule has 3 aromatic rings. The Morgan fingerprint density at radius 1 is 1.11 bits per heavy atom. The maximum atomic E-state index is 15.4. The van der Waals surface area contributed by atoms with Crippen LogP contribution in [-0.2, 0) is 22.4 Å². The minimum Gasteiger partial charge on any atom is -0.619 e. The molecule has 2 atom stereocenters. The van der Waals surface area contributed by atoms with Crippen LogP contribution in [0, 0.1) is 16.4 Å². The summed E-state index contributed by atoms with van der Waals surface area (Å²) in [6.07, 6.45) is 4.23. The van der Waals surface area contributed by atoms with Crippen molar-refractivity contribution in [3.8, 4) is 5.75 Å². The predicted molar refractivity (Wildman–Crippen MR) is 171 cm³/mol. The summed E-state index contributed by atoms with van der Waals surface area (Å²) in [5.74, 6) is -0.00359. The second kappa shape index (κ2) is 12.9. The van der Waals surface area contributed by atoms with Crippen molar-refractivity contribution in [3.05, 3.63) is 124 Å². The van der Waals surface area contributed by atoms with E-state index in [1.807, 2.05) is 61.3 Å². The number of hydrogen-bond acceptors (Lipinski definition) is 8. The maximum absolute atomic E-state index is 15.4. The van der Waals surface area contributed by atoms with Gasteiger partial charge in [0.15, 0.2) is 0 Å². The van der Waals surface area contributed by atoms with Crippen LogP contribution in [0.25, 0.3) is 0 Å². The first-order valence-electron chi connectivity index (χ1n) is 14.9. The van der Waals surface area contributed by atoms with Gasteiger partial charge in [-0.15, -0.1) is 0 Å². The fourth-order valence-corrected chi connectivity index (χ4v) is 6.03. The van der Waals surface area contributed by atoms with E-state index in [1.54, 1.807) is 51.6 Å². The molecule has 2 unspecified atom stereocenters. The Kier molecular flexibility index (Phi) is 9.20. The number of rotatable bonds is 11. The van der Waals surface area contributed by atoms with Crippen molar-refractivity contribution in [3.63, 3.8) is 0 Å². The highest BCUT2D eigenvalue weighted by atomic mass is 19.1. The van der Waals surface area contributed by atoms with Gasteiger partial charge in [0.2, 0.25) is 0 Å². The molecule has 9 nitrogen and oxygen atoms in total. The summed E-state index contributed by atoms with van der Waals surface area (Å²) in [5.41, 5.74) is 2.76. The number of aliphatic imine (C=N–C) groups is 1. The number of hydroxylamine groups is 3. The first kappa shape index (κ1) is 32.0. The zero-order valence-electron chi connectivity index (χ0n) is 26.7. The van der Waals surface area contributed by atoms with E-state index in [2.05, 4.69) is 9.88 Å². The van der Waals surface area contributed by atoms with E-state index < -0.39 is 22.1 Å². The number of carbonyl (C=O) groups is 1. The van der Waals surface area contributed by atoms with Crippen LogP contribution in [0.4, 0.5) is 4.39 Å². The zero-order valence-corrected chi connectivity index (χ0v) is 26.7. The number of nitrogens with zero attached hydrogens (tertiary/aromatic N) is 5. The van der Waals surface area contributed by atoms with Gasteiger partial charge in [-0.1, -0.05) is 36.4 Å². The lowest BCUT2D eigenvalue weighted by Gasteiger charge is -2.46. The number of esters is 1. The summed E-state index contributed by atoms with van der Waals surface area (Å²) in [7, 11) is 4.87. The molecular formula is C35H40FN5O4. The Bertz CT molecular complexity index is 1650. The number of likely N-dealkylation sites (N-methyl/N-ethyl adjacent to an activating group) is 1. The van der Waals surface area contributed by atoms with Crippen molar-refractivity contribution in [2.24, 2.45) is 10.4 Å². The summed E-state index contributed by atoms with van der Waals surface area (Å²) in [4.78, 5) is 26.5. The molecule has 10 heteroatoms. The molecule has 2 aromatic carbocycles. The number of halogens is 1. The average molecular weight is 614 g/mol. The number of ether oxygens (including phenoxy) is 2. The first-order valence-corrected chi connectivity index (χ1v) is 14.9. The van der Waals surface area contributed by atoms with Gasteiger partial charge in [-0.2, -0.15) is 4.99 Å². The van der Waals surface area contributed by atoms with E-state index in [1.165, 1.54) is 13.2 Å². The molecule has 5 rings (SSSR count). The zero-order chi connectivity index (χ0) is 32.4. The number of carbonyl (C=O) groups excluding carboxylic acids is 1. The first-order chi connectivity index (χ1) is 21.5. The van der Waals surface area contributed by atoms with Gasteiger partial charge in [-0.05, 0) is 63.7 Å². The maximum Gasteiger partial charge on any atom is 0.317 e. The SMILES string of the molecule is COC(=O)C(C)(C)C1=C[N+]2([O-])C(=NC(Cc3ccccc3F)=C(C)C2c2cccc(OC)c2)N1CN(C)CCc1ccccn1. The minimum absolute atomic E-state index is 0.196. The molecule has 0 saturated carbocycles. The van der Waals surface area contributed by atoms with Crippen LogP contribution in [-0.4, -0.2) is 65.8 Å². The van der Waals surface area contributed by atoms with Crippen molar-refractivity contribution in [2.75, 3.05) is 34.5 Å². The molecule has 3 heterocycles. The Morgan fingerprint density at radius 2 is 1.87 bits per heavy atom. The highest BCUT2D eigenvalue weighted by Gasteiger charge is 2.54. The van der Waals surface area contributed by atoms with Crippen LogP contribution in [0.15, 0.2) is 101 Å². The molecule has 0 radical (unpaired) electrons. The quantitative estimate of drug-likeness (QED) is 0.150. The van der Waals surface area contributed by atoms with Gasteiger partial charge in [-0.3, -0.25) is 24.2 Å². The molecule has 0 saturated heterocycles. The fourth-order valence-electron chi connectivity index (χ4n) is 6.03. The van der Waals surface area contributed by atoms with Crippen molar-refractivity contribution in [2.45, 2.75) is 39.7 Å². The van der Waals surface area contributed by atoms with Crippen LogP contribution < -0.4 is 4.74 Å². The third-order valence-corrected chi connectivity index (χ3v) is 8.56. The van der Waals surface area contributed by atoms with Gasteiger partial charge in [0.05, 0.1) is 32.3 Å². The lowest BCUT2D eigenvalue weighted by molar-refractivity contribution is -0.765. The molecule has 2 aliphatic heterocycles. The van der Waals surface area contributed by atoms with Crippen molar-refractivity contribution >= 4 is 11.9 Å². The number of fused-ring (bicyclic) bond motifs is 1. The van der Waals surface area contributed by atoms with Gasteiger partial charge in [0.1, 0.15) is 29.2 Å². The Labute approximate surface area is 264 Å². The van der Waals surface area contributed by atoms with E-state index in [4.69, 9.17) is 14.5 Å². The van der Waals surface area contributed by atoms with E-state index in [0.717, 1.165) is 11.3 Å². The van der Waals surface area contributed by atoms with Gasteiger partial charge in [0.25, 0.3) is 0 Å². The molecule has 0 spiro atoms. The summed E-state index contributed by atoms with van der Waals surface area (Å²) in [6, 6.07) is 19.0. The van der Waals surface area contributed by atoms with E-state index in [-0.39, 0.29) is 24.9 Å². The highest BCUT2D eigenvalue weighted by Crippen LogP contribution is 2.49. The van der Waals surface area contributed by atoms with E-state index >= 15 is 5.21 Å². The summed E-state index contributed by atoms with van der Waals surface area (Å²) >= 11 is 0. The van der Waals surface area contributed by atoms with E-state index in [9.17, 15) is 9.18 Å². The second-order valence-corrected chi connectivity index (χ2v) is 12.0. The third kappa shape index (κ3) is 6.26. The average Bonchev–Trinajstić information content (AvgIpc) is 3.33. The number of quaternary nitrogens is 1. The number of pyridine rings is 1. The number of methoxy groups -OCH3 is 2. The number of aromatic nitrogens is 1. The van der Waals surface area contributed by atoms with Gasteiger partial charge in [-0.25, -0.2) is 4.39 Å². The number of benzene rings is 2. The summed E-state index contributed by atoms with van der Waals surface area (Å²) in [5, 5.41) is 15.4. The van der Waals surface area contributed by atoms with Crippen LogP contribution >= 0.6 is 0 Å². The summed E-state index contributed by atoms with van der Waals surface area (Å²) in [6.45, 7) is 6.29. The lowest BCUT2D eigenvalue weighted by Crippen LogP contribution is -2.53. The van der Waals surface area contributed by atoms with Gasteiger partial charge in [0, 0.05) is 42.4 Å². The molecule has 1 aromatic heterocycles. The smallest absolute Gasteiger partial charge is 0.317 e. The van der Waals surface area contributed by atoms with Gasteiger partial charge < -0.3 is 14.7 Å². The van der Waals surface area contributed by atoms with Crippen LogP contribution in [0.3, 0.4) is 0 Å². The standard InChI is InChI=1S/C35H40FN5O4/c1-24-30(21-25-12-7-8-16-29(25)36)38-34-40(23-39(4)19-17-27-14-9-10-18-37-27)31(35(2,3)33(42)45-6)22-41(34,43)32(24)26-13-11-15-28(20-26)44-5/h7-16,18,20,22,32H,17,19,21,23H2,1-6H3. The van der Waals surface area contributed by atoms with Crippen molar-refractivity contribution in [1.29, 1.82) is 0 Å². The third-order valence-electron chi connectivity index (χ3n) is 8.56. The van der Waals surface area contributed by atoms with Crippen molar-refractivity contribution in [1.82, 2.24) is 14.8 Å². The molecule has 0 amide bonds. The normalized spacial score (nSPS) is 19.8. The monoisotopic (exact) mass is 613 g/mol. The molecule has 0 aliphatic carbocycles. The van der Waals surface area contributed by atoms with Crippen molar-refractivity contribution < 1.29 is 23.3 Å². The number of guanidine groups is 1. The molecule has 45 heavy (non-hydrogen) atoms. The Morgan fingerprint density at radius 3 is 2.56 bits per heavy atom. The summed E-state index contributed by atoms with van der Waals surface area (Å²) < 4.78 is 24.7. The fraction of sp³-hybridized carbons (Fsp3) is 0.343. The largest absolute Gasteiger partial charge is 0.619 e.